The summed E-state index contributed by atoms with van der Waals surface area (Å²) < 4.78 is 17.0. The quantitative estimate of drug-likeness (QED) is 0.811. The Balaban J connectivity index is 3.12. The van der Waals surface area contributed by atoms with E-state index in [1.165, 1.54) is 0 Å². The first kappa shape index (κ1) is 17.7. The van der Waals surface area contributed by atoms with Crippen LogP contribution in [-0.4, -0.2) is 22.5 Å². The molecule has 0 radical (unpaired) electrons. The predicted molar refractivity (Wildman–Crippen MR) is 89.5 cm³/mol. The van der Waals surface area contributed by atoms with Crippen LogP contribution < -0.4 is 0 Å². The normalized spacial score (nSPS) is 18.0. The van der Waals surface area contributed by atoms with Crippen molar-refractivity contribution in [3.05, 3.63) is 54.0 Å². The summed E-state index contributed by atoms with van der Waals surface area (Å²) in [7, 11) is -1.01. The summed E-state index contributed by atoms with van der Waals surface area (Å²) in [5, 5.41) is 11.8. The van der Waals surface area contributed by atoms with Gasteiger partial charge >= 0.3 is 0 Å². The maximum Gasteiger partial charge on any atom is 0.0963 e. The average Bonchev–Trinajstić information content (AvgIpc) is 2.48. The molecule has 1 rings (SSSR count). The van der Waals surface area contributed by atoms with Gasteiger partial charge in [-0.05, 0) is 25.0 Å². The van der Waals surface area contributed by atoms with Gasteiger partial charge in [0.05, 0.1) is 20.7 Å². The maximum atomic E-state index is 12.9. The van der Waals surface area contributed by atoms with Gasteiger partial charge in [-0.15, -0.1) is 0 Å². The van der Waals surface area contributed by atoms with Crippen LogP contribution in [0.1, 0.15) is 20.8 Å². The number of benzene rings is 1. The summed E-state index contributed by atoms with van der Waals surface area (Å²) in [4.78, 5) is 0.687. The third-order valence-electron chi connectivity index (χ3n) is 3.39. The molecule has 0 amide bonds. The van der Waals surface area contributed by atoms with E-state index >= 15 is 0 Å². The van der Waals surface area contributed by atoms with Crippen molar-refractivity contribution in [2.75, 3.05) is 7.05 Å². The number of aliphatic hydroxyl groups excluding tert-OH is 1. The van der Waals surface area contributed by atoms with Crippen LogP contribution in [0.3, 0.4) is 0 Å². The second-order valence-electron chi connectivity index (χ2n) is 5.23. The van der Waals surface area contributed by atoms with E-state index in [9.17, 15) is 9.32 Å². The zero-order valence-electron chi connectivity index (χ0n) is 13.1. The summed E-state index contributed by atoms with van der Waals surface area (Å²) in [5.41, 5.74) is 0. The van der Waals surface area contributed by atoms with Crippen molar-refractivity contribution >= 4 is 9.73 Å². The molecule has 3 nitrogen and oxygen atoms in total. The largest absolute Gasteiger partial charge is 0.388 e. The number of nitrogens with zero attached hydrogens (tertiary/aromatic N) is 1. The third kappa shape index (κ3) is 4.83. The topological polar surface area (TPSA) is 49.7 Å². The lowest BCUT2D eigenvalue weighted by molar-refractivity contribution is 0.151. The minimum Gasteiger partial charge on any atom is -0.388 e. The van der Waals surface area contributed by atoms with E-state index in [4.69, 9.17) is 0 Å². The van der Waals surface area contributed by atoms with Crippen molar-refractivity contribution in [2.24, 2.45) is 16.2 Å². The van der Waals surface area contributed by atoms with Gasteiger partial charge in [0, 0.05) is 18.4 Å². The lowest BCUT2D eigenvalue weighted by Gasteiger charge is -2.21. The highest BCUT2D eigenvalue weighted by atomic mass is 32.2. The zero-order valence-corrected chi connectivity index (χ0v) is 14.0. The Hall–Kier alpha value is -1.39. The Kier molecular flexibility index (Phi) is 6.85. The Labute approximate surface area is 128 Å². The van der Waals surface area contributed by atoms with Crippen LogP contribution >= 0.6 is 0 Å². The Morgan fingerprint density at radius 3 is 2.29 bits per heavy atom. The van der Waals surface area contributed by atoms with Crippen LogP contribution in [0.2, 0.25) is 0 Å². The molecule has 4 heteroatoms. The highest BCUT2D eigenvalue weighted by Crippen LogP contribution is 2.21. The highest BCUT2D eigenvalue weighted by molar-refractivity contribution is 7.96. The fraction of sp³-hybridized carbons (Fsp3) is 0.412. The highest BCUT2D eigenvalue weighted by Gasteiger charge is 2.18. The van der Waals surface area contributed by atoms with Crippen molar-refractivity contribution in [3.8, 4) is 0 Å². The molecule has 3 atom stereocenters. The van der Waals surface area contributed by atoms with Crippen molar-refractivity contribution in [3.63, 3.8) is 0 Å². The van der Waals surface area contributed by atoms with Gasteiger partial charge in [0.2, 0.25) is 0 Å². The summed E-state index contributed by atoms with van der Waals surface area (Å²) in [6.07, 6.45) is 4.83. The predicted octanol–water partition coefficient (Wildman–Crippen LogP) is 3.87. The molecule has 1 aromatic rings. The van der Waals surface area contributed by atoms with E-state index in [1.807, 2.05) is 63.3 Å². The van der Waals surface area contributed by atoms with E-state index < -0.39 is 15.8 Å². The van der Waals surface area contributed by atoms with Gasteiger partial charge in [-0.25, -0.2) is 8.57 Å². The molecule has 1 N–H and O–H groups in total. The molecule has 116 valence electrons. The van der Waals surface area contributed by atoms with E-state index in [0.717, 1.165) is 0 Å². The molecule has 0 heterocycles. The number of hydrogen-bond donors (Lipinski definition) is 1. The van der Waals surface area contributed by atoms with E-state index in [1.54, 1.807) is 18.5 Å². The molecule has 21 heavy (non-hydrogen) atoms. The fourth-order valence-corrected chi connectivity index (χ4v) is 3.54. The number of allylic oxidation sites excluding steroid dienone is 1. The molecule has 0 fully saturated rings. The molecule has 0 aromatic heterocycles. The standard InChI is InChI=1S/C17H25NO2S/c1-5-9-17(19)16(14(2)3)12-13-21(20,18-4)15-10-7-6-8-11-15/h5-14,16-17,19H,1-4H3/b9-5+,13-12-/t16-,17-,21-/m0/s1. The van der Waals surface area contributed by atoms with Gasteiger partial charge in [0.25, 0.3) is 0 Å². The van der Waals surface area contributed by atoms with Crippen molar-refractivity contribution < 1.29 is 9.32 Å². The molecule has 0 saturated carbocycles. The second-order valence-corrected chi connectivity index (χ2v) is 7.48. The summed E-state index contributed by atoms with van der Waals surface area (Å²) >= 11 is 0. The van der Waals surface area contributed by atoms with Crippen LogP contribution in [0.25, 0.3) is 0 Å². The lowest BCUT2D eigenvalue weighted by atomic mass is 9.90. The average molecular weight is 307 g/mol. The van der Waals surface area contributed by atoms with E-state index in [2.05, 4.69) is 4.36 Å². The minimum atomic E-state index is -2.57. The molecule has 1 aromatic carbocycles. The molecule has 0 aliphatic rings. The molecule has 0 saturated heterocycles. The Morgan fingerprint density at radius 1 is 1.19 bits per heavy atom. The van der Waals surface area contributed by atoms with Crippen LogP contribution in [0, 0.1) is 11.8 Å². The molecular formula is C17H25NO2S. The molecular weight excluding hydrogens is 282 g/mol. The fourth-order valence-electron chi connectivity index (χ4n) is 2.11. The van der Waals surface area contributed by atoms with Crippen LogP contribution in [0.15, 0.2) is 63.2 Å². The van der Waals surface area contributed by atoms with Crippen LogP contribution in [-0.2, 0) is 9.73 Å². The van der Waals surface area contributed by atoms with Crippen LogP contribution in [0.4, 0.5) is 0 Å². The molecule has 0 unspecified atom stereocenters. The molecule has 0 aliphatic heterocycles. The van der Waals surface area contributed by atoms with Crippen LogP contribution in [0.5, 0.6) is 0 Å². The first-order chi connectivity index (χ1) is 9.94. The van der Waals surface area contributed by atoms with Crippen molar-refractivity contribution in [1.29, 1.82) is 0 Å². The molecule has 0 aliphatic carbocycles. The SMILES string of the molecule is C/C=C/[C@H](O)[C@@H](/C=C\[S@@](=O)(=NC)c1ccccc1)C(C)C. The second kappa shape index (κ2) is 8.15. The molecule has 0 spiro atoms. The van der Waals surface area contributed by atoms with E-state index in [0.29, 0.717) is 4.90 Å². The van der Waals surface area contributed by atoms with Gasteiger partial charge in [0.1, 0.15) is 0 Å². The van der Waals surface area contributed by atoms with Crippen molar-refractivity contribution in [1.82, 2.24) is 0 Å². The monoisotopic (exact) mass is 307 g/mol. The third-order valence-corrected chi connectivity index (χ3v) is 5.41. The molecule has 0 bridgehead atoms. The van der Waals surface area contributed by atoms with Gasteiger partial charge in [-0.3, -0.25) is 0 Å². The van der Waals surface area contributed by atoms with Crippen molar-refractivity contribution in [2.45, 2.75) is 31.8 Å². The summed E-state index contributed by atoms with van der Waals surface area (Å²) in [5.74, 6) is 0.149. The Bertz CT molecular complexity index is 596. The maximum absolute atomic E-state index is 12.9. The number of hydrogen-bond acceptors (Lipinski definition) is 3. The summed E-state index contributed by atoms with van der Waals surface area (Å²) in [6.45, 7) is 5.95. The first-order valence-electron chi connectivity index (χ1n) is 7.14. The minimum absolute atomic E-state index is 0.0903. The van der Waals surface area contributed by atoms with Gasteiger partial charge < -0.3 is 5.11 Å². The summed E-state index contributed by atoms with van der Waals surface area (Å²) in [6, 6.07) is 9.21. The first-order valence-corrected chi connectivity index (χ1v) is 8.72. The number of rotatable bonds is 6. The lowest BCUT2D eigenvalue weighted by Crippen LogP contribution is -2.21. The number of aliphatic hydroxyl groups is 1. The van der Waals surface area contributed by atoms with E-state index in [-0.39, 0.29) is 11.8 Å². The smallest absolute Gasteiger partial charge is 0.0963 e. The van der Waals surface area contributed by atoms with Gasteiger partial charge in [-0.2, -0.15) is 0 Å². The van der Waals surface area contributed by atoms with Gasteiger partial charge in [-0.1, -0.05) is 50.3 Å². The Morgan fingerprint density at radius 2 is 1.81 bits per heavy atom. The zero-order chi connectivity index (χ0) is 15.9. The van der Waals surface area contributed by atoms with Gasteiger partial charge in [0.15, 0.2) is 0 Å².